The molecule has 0 spiro atoms. The maximum Gasteiger partial charge on any atom is 0.416 e. The zero-order chi connectivity index (χ0) is 30.9. The lowest BCUT2D eigenvalue weighted by Crippen LogP contribution is -2.35. The molecule has 2 aromatic carbocycles. The summed E-state index contributed by atoms with van der Waals surface area (Å²) in [5, 5.41) is 3.11. The molecule has 0 unspecified atom stereocenters. The van der Waals surface area contributed by atoms with Crippen molar-refractivity contribution in [2.75, 3.05) is 38.2 Å². The van der Waals surface area contributed by atoms with Gasteiger partial charge in [0, 0.05) is 36.2 Å². The van der Waals surface area contributed by atoms with Crippen LogP contribution in [-0.4, -0.2) is 59.8 Å². The van der Waals surface area contributed by atoms with Gasteiger partial charge in [-0.05, 0) is 60.8 Å². The first-order chi connectivity index (χ1) is 19.8. The molecule has 0 radical (unpaired) electrons. The maximum atomic E-state index is 13.3. The highest BCUT2D eigenvalue weighted by atomic mass is 19.4. The summed E-state index contributed by atoms with van der Waals surface area (Å²) in [6.45, 7) is 7.45. The van der Waals surface area contributed by atoms with Gasteiger partial charge in [0.25, 0.3) is 5.91 Å². The molecule has 1 aromatic heterocycles. The van der Waals surface area contributed by atoms with Gasteiger partial charge in [-0.3, -0.25) is 9.69 Å². The topological polar surface area (TPSA) is 119 Å². The van der Waals surface area contributed by atoms with Crippen LogP contribution in [0, 0.1) is 0 Å². The summed E-state index contributed by atoms with van der Waals surface area (Å²) >= 11 is 0. The smallest absolute Gasteiger partial charge is 0.405 e. The van der Waals surface area contributed by atoms with E-state index in [1.54, 1.807) is 0 Å². The minimum atomic E-state index is -4.60. The van der Waals surface area contributed by atoms with Gasteiger partial charge in [0.1, 0.15) is 5.82 Å². The number of nitrogens with two attached hydrogens (primary N) is 2. The molecule has 0 aliphatic carbocycles. The summed E-state index contributed by atoms with van der Waals surface area (Å²) in [7, 11) is 0. The van der Waals surface area contributed by atoms with Crippen LogP contribution in [0.3, 0.4) is 0 Å². The third kappa shape index (κ3) is 9.17. The number of morpholine rings is 1. The number of primary amides is 1. The molecule has 4 rings (SSSR count). The zero-order valence-electron chi connectivity index (χ0n) is 22.6. The summed E-state index contributed by atoms with van der Waals surface area (Å²) in [6.07, 6.45) is -6.74. The molecule has 1 fully saturated rings. The Labute approximate surface area is 238 Å². The van der Waals surface area contributed by atoms with Crippen molar-refractivity contribution in [3.63, 3.8) is 0 Å². The fourth-order valence-electron chi connectivity index (χ4n) is 3.93. The minimum Gasteiger partial charge on any atom is -0.405 e. The second kappa shape index (κ2) is 14.1. The Morgan fingerprint density at radius 2 is 1.71 bits per heavy atom. The largest absolute Gasteiger partial charge is 0.416 e. The summed E-state index contributed by atoms with van der Waals surface area (Å²) in [5.74, 6) is -1.37. The Morgan fingerprint density at radius 1 is 1.05 bits per heavy atom. The van der Waals surface area contributed by atoms with E-state index in [0.29, 0.717) is 5.39 Å². The predicted molar refractivity (Wildman–Crippen MR) is 147 cm³/mol. The Hall–Kier alpha value is -4.17. The van der Waals surface area contributed by atoms with Crippen molar-refractivity contribution in [2.45, 2.75) is 25.7 Å². The molecular weight excluding hydrogens is 566 g/mol. The van der Waals surface area contributed by atoms with E-state index in [1.165, 1.54) is 36.9 Å². The lowest BCUT2D eigenvalue weighted by atomic mass is 10.0. The number of carbonyl (C=O) groups is 1. The third-order valence-electron chi connectivity index (χ3n) is 6.17. The Bertz CT molecular complexity index is 1420. The Kier molecular flexibility index (Phi) is 10.9. The Morgan fingerprint density at radius 3 is 2.24 bits per heavy atom. The molecule has 1 aliphatic rings. The number of nitrogens with zero attached hydrogens (tertiary/aromatic N) is 3. The summed E-state index contributed by atoms with van der Waals surface area (Å²) in [4.78, 5) is 22.1. The molecule has 42 heavy (non-hydrogen) atoms. The molecule has 1 amide bonds. The molecule has 0 bridgehead atoms. The van der Waals surface area contributed by atoms with Gasteiger partial charge in [0.2, 0.25) is 5.82 Å². The average Bonchev–Trinajstić information content (AvgIpc) is 2.95. The molecule has 1 aliphatic heterocycles. The molecule has 1 saturated heterocycles. The Balaban J connectivity index is 0.000000521. The molecule has 0 atom stereocenters. The molecule has 14 heteroatoms. The van der Waals surface area contributed by atoms with Crippen LogP contribution in [0.25, 0.3) is 10.9 Å². The number of amides is 1. The van der Waals surface area contributed by atoms with Gasteiger partial charge in [0.15, 0.2) is 0 Å². The number of hydrogen-bond donors (Lipinski definition) is 3. The second-order valence-electron chi connectivity index (χ2n) is 9.11. The quantitative estimate of drug-likeness (QED) is 0.249. The lowest BCUT2D eigenvalue weighted by molar-refractivity contribution is -0.137. The predicted octanol–water partition coefficient (Wildman–Crippen LogP) is 5.33. The number of fused-ring (bicyclic) bond motifs is 1. The highest BCUT2D eigenvalue weighted by Crippen LogP contribution is 2.32. The molecule has 5 N–H and O–H groups in total. The number of aromatic nitrogens is 2. The number of benzene rings is 2. The summed E-state index contributed by atoms with van der Waals surface area (Å²) in [5.41, 5.74) is 9.26. The van der Waals surface area contributed by atoms with E-state index in [-0.39, 0.29) is 22.6 Å². The number of ether oxygens (including phenoxy) is 1. The molecular formula is C28H30F6N6O2. The van der Waals surface area contributed by atoms with Gasteiger partial charge in [-0.25, -0.2) is 9.97 Å². The number of halogens is 6. The van der Waals surface area contributed by atoms with Gasteiger partial charge in [0.05, 0.1) is 24.3 Å². The van der Waals surface area contributed by atoms with Gasteiger partial charge in [-0.2, -0.15) is 26.3 Å². The van der Waals surface area contributed by atoms with E-state index in [2.05, 4.69) is 27.1 Å². The van der Waals surface area contributed by atoms with Crippen LogP contribution in [0.5, 0.6) is 0 Å². The van der Waals surface area contributed by atoms with Crippen LogP contribution in [0.1, 0.15) is 28.7 Å². The van der Waals surface area contributed by atoms with Crippen LogP contribution < -0.4 is 16.8 Å². The third-order valence-corrected chi connectivity index (χ3v) is 6.17. The lowest BCUT2D eigenvalue weighted by Gasteiger charge is -2.24. The van der Waals surface area contributed by atoms with Gasteiger partial charge < -0.3 is 21.5 Å². The van der Waals surface area contributed by atoms with E-state index in [4.69, 9.17) is 16.2 Å². The molecule has 3 aromatic rings. The first kappa shape index (κ1) is 32.3. The van der Waals surface area contributed by atoms with Gasteiger partial charge in [-0.15, -0.1) is 0 Å². The van der Waals surface area contributed by atoms with Crippen LogP contribution in [-0.2, 0) is 17.3 Å². The number of rotatable bonds is 7. The van der Waals surface area contributed by atoms with Crippen LogP contribution >= 0.6 is 0 Å². The molecule has 0 saturated carbocycles. The maximum absolute atomic E-state index is 13.3. The number of alkyl halides is 6. The van der Waals surface area contributed by atoms with Crippen LogP contribution in [0.4, 0.5) is 37.8 Å². The number of carbonyl (C=O) groups excluding carboxylic acids is 1. The van der Waals surface area contributed by atoms with E-state index in [9.17, 15) is 31.1 Å². The summed E-state index contributed by atoms with van der Waals surface area (Å²) in [6, 6.07) is 8.25. The van der Waals surface area contributed by atoms with Crippen molar-refractivity contribution in [3.05, 3.63) is 83.3 Å². The summed E-state index contributed by atoms with van der Waals surface area (Å²) < 4.78 is 83.5. The highest BCUT2D eigenvalue weighted by molar-refractivity contribution is 5.96. The number of likely N-dealkylation sites (N-methyl/N-ethyl adjacent to an activating group) is 1. The number of anilines is 2. The first-order valence-corrected chi connectivity index (χ1v) is 12.8. The molecule has 2 heterocycles. The average molecular weight is 597 g/mol. The monoisotopic (exact) mass is 596 g/mol. The van der Waals surface area contributed by atoms with Crippen molar-refractivity contribution in [1.29, 1.82) is 0 Å². The SMILES string of the molecule is CCN1CCOCC1.N/C=C\C=C(/Cc1ccc2c(Nc3ccc(C(F)(F)F)cc3)nc(C(N)=O)nc2c1)C(F)(F)F. The van der Waals surface area contributed by atoms with E-state index >= 15 is 0 Å². The first-order valence-electron chi connectivity index (χ1n) is 12.8. The van der Waals surface area contributed by atoms with Crippen molar-refractivity contribution < 1.29 is 35.9 Å². The zero-order valence-corrected chi connectivity index (χ0v) is 22.6. The van der Waals surface area contributed by atoms with Crippen molar-refractivity contribution in [3.8, 4) is 0 Å². The second-order valence-corrected chi connectivity index (χ2v) is 9.11. The fourth-order valence-corrected chi connectivity index (χ4v) is 3.93. The van der Waals surface area contributed by atoms with Crippen molar-refractivity contribution in [1.82, 2.24) is 14.9 Å². The fraction of sp³-hybridized carbons (Fsp3) is 0.321. The normalized spacial score (nSPS) is 15.0. The molecule has 226 valence electrons. The standard InChI is InChI=1S/C22H17F6N5O.C6H13NO/c23-21(24,25)13-4-6-15(7-5-13)31-19-16-8-3-12(10-14(2-1-9-29)22(26,27)28)11-17(16)32-20(33-19)18(30)34;1-2-7-3-5-8-6-4-7/h1-9,11H,10,29H2,(H2,30,34)(H,31,32,33);2-6H2,1H3/b9-1-,14-2+;. The highest BCUT2D eigenvalue weighted by Gasteiger charge is 2.33. The van der Waals surface area contributed by atoms with Gasteiger partial charge >= 0.3 is 12.4 Å². The van der Waals surface area contributed by atoms with E-state index < -0.39 is 41.6 Å². The number of hydrogen-bond acceptors (Lipinski definition) is 7. The van der Waals surface area contributed by atoms with Crippen molar-refractivity contribution >= 4 is 28.3 Å². The van der Waals surface area contributed by atoms with Gasteiger partial charge in [-0.1, -0.05) is 19.1 Å². The number of nitrogens with one attached hydrogen (secondary N) is 1. The van der Waals surface area contributed by atoms with Crippen molar-refractivity contribution in [2.24, 2.45) is 11.5 Å². The van der Waals surface area contributed by atoms with E-state index in [1.807, 2.05) is 0 Å². The minimum absolute atomic E-state index is 0.0442. The van der Waals surface area contributed by atoms with E-state index in [0.717, 1.165) is 56.8 Å². The van der Waals surface area contributed by atoms with Crippen LogP contribution in [0.2, 0.25) is 0 Å². The van der Waals surface area contributed by atoms with Crippen LogP contribution in [0.15, 0.2) is 66.4 Å². The number of allylic oxidation sites excluding steroid dienone is 3. The molecule has 8 nitrogen and oxygen atoms in total.